The zero-order chi connectivity index (χ0) is 10.9. The van der Waals surface area contributed by atoms with Crippen LogP contribution < -0.4 is 0 Å². The Labute approximate surface area is 75.8 Å². The van der Waals surface area contributed by atoms with Crippen molar-refractivity contribution in [3.05, 3.63) is 0 Å². The van der Waals surface area contributed by atoms with Gasteiger partial charge in [0.1, 0.15) is 0 Å². The summed E-state index contributed by atoms with van der Waals surface area (Å²) in [5.74, 6) is -2.76. The van der Waals surface area contributed by atoms with Crippen LogP contribution in [0.2, 0.25) is 0 Å². The second-order valence-corrected chi connectivity index (χ2v) is 2.51. The first kappa shape index (κ1) is 14.8. The molecule has 2 nitrogen and oxygen atoms in total. The van der Waals surface area contributed by atoms with Crippen LogP contribution in [0.15, 0.2) is 0 Å². The lowest BCUT2D eigenvalue weighted by molar-refractivity contribution is -0.192. The van der Waals surface area contributed by atoms with Gasteiger partial charge in [-0.3, -0.25) is 0 Å². The van der Waals surface area contributed by atoms with Gasteiger partial charge in [-0.15, -0.1) is 0 Å². The van der Waals surface area contributed by atoms with Crippen LogP contribution >= 0.6 is 0 Å². The summed E-state index contributed by atoms with van der Waals surface area (Å²) in [6.45, 7) is 4.46. The third-order valence-electron chi connectivity index (χ3n) is 1.20. The molecule has 0 aromatic carbocycles. The fourth-order valence-electron chi connectivity index (χ4n) is 0.500. The topological polar surface area (TPSA) is 37.3 Å². The summed E-state index contributed by atoms with van der Waals surface area (Å²) < 4.78 is 31.7. The van der Waals surface area contributed by atoms with E-state index in [-0.39, 0.29) is 0 Å². The highest BCUT2D eigenvalue weighted by atomic mass is 19.4. The van der Waals surface area contributed by atoms with Gasteiger partial charge >= 0.3 is 12.1 Å². The van der Waals surface area contributed by atoms with E-state index < -0.39 is 12.1 Å². The molecule has 0 radical (unpaired) electrons. The minimum absolute atomic E-state index is 1.36. The standard InChI is InChI=1S/C6H14.C2HF3O2/c1-3-5-6-4-2;3-2(4,5)1(6)7/h3-6H2,1-2H3;(H,6,7). The Bertz CT molecular complexity index is 128. The third kappa shape index (κ3) is 14.2. The van der Waals surface area contributed by atoms with E-state index in [2.05, 4.69) is 13.8 Å². The minimum Gasteiger partial charge on any atom is -0.475 e. The van der Waals surface area contributed by atoms with Crippen molar-refractivity contribution >= 4 is 5.97 Å². The van der Waals surface area contributed by atoms with Crippen LogP contribution in [-0.4, -0.2) is 17.3 Å². The number of halogens is 3. The summed E-state index contributed by atoms with van der Waals surface area (Å²) in [5, 5.41) is 7.12. The van der Waals surface area contributed by atoms with E-state index in [9.17, 15) is 13.2 Å². The predicted molar refractivity (Wildman–Crippen MR) is 43.5 cm³/mol. The molecule has 0 saturated heterocycles. The first-order valence-electron chi connectivity index (χ1n) is 4.16. The Morgan fingerprint density at radius 2 is 1.38 bits per heavy atom. The molecule has 1 N–H and O–H groups in total. The highest BCUT2D eigenvalue weighted by Gasteiger charge is 2.38. The van der Waals surface area contributed by atoms with Crippen molar-refractivity contribution in [1.82, 2.24) is 0 Å². The number of rotatable bonds is 3. The van der Waals surface area contributed by atoms with Crippen molar-refractivity contribution in [3.63, 3.8) is 0 Å². The molecule has 0 aromatic rings. The molecule has 0 unspecified atom stereocenters. The summed E-state index contributed by atoms with van der Waals surface area (Å²) in [6, 6.07) is 0. The van der Waals surface area contributed by atoms with Gasteiger partial charge in [0.15, 0.2) is 0 Å². The van der Waals surface area contributed by atoms with Crippen molar-refractivity contribution in [2.24, 2.45) is 0 Å². The van der Waals surface area contributed by atoms with Gasteiger partial charge in [-0.05, 0) is 0 Å². The van der Waals surface area contributed by atoms with Gasteiger partial charge in [-0.25, -0.2) is 4.79 Å². The summed E-state index contributed by atoms with van der Waals surface area (Å²) in [5.41, 5.74) is 0. The summed E-state index contributed by atoms with van der Waals surface area (Å²) in [6.07, 6.45) is 0.453. The molecule has 0 aliphatic carbocycles. The van der Waals surface area contributed by atoms with E-state index in [0.717, 1.165) is 0 Å². The highest BCUT2D eigenvalue weighted by molar-refractivity contribution is 5.73. The number of alkyl halides is 3. The molecule has 0 aromatic heterocycles. The van der Waals surface area contributed by atoms with E-state index >= 15 is 0 Å². The van der Waals surface area contributed by atoms with Crippen molar-refractivity contribution in [1.29, 1.82) is 0 Å². The van der Waals surface area contributed by atoms with E-state index in [4.69, 9.17) is 9.90 Å². The number of aliphatic carboxylic acids is 1. The van der Waals surface area contributed by atoms with Gasteiger partial charge in [0, 0.05) is 0 Å². The molecule has 0 fully saturated rings. The van der Waals surface area contributed by atoms with Gasteiger partial charge < -0.3 is 5.11 Å². The largest absolute Gasteiger partial charge is 0.490 e. The van der Waals surface area contributed by atoms with Crippen LogP contribution in [0, 0.1) is 0 Å². The Morgan fingerprint density at radius 3 is 1.46 bits per heavy atom. The van der Waals surface area contributed by atoms with E-state index in [1.54, 1.807) is 0 Å². The second-order valence-electron chi connectivity index (χ2n) is 2.51. The monoisotopic (exact) mass is 200 g/mol. The number of hydrogen-bond donors (Lipinski definition) is 1. The van der Waals surface area contributed by atoms with E-state index in [1.165, 1.54) is 25.7 Å². The zero-order valence-corrected chi connectivity index (χ0v) is 7.82. The average molecular weight is 200 g/mol. The molecule has 5 heteroatoms. The van der Waals surface area contributed by atoms with Crippen molar-refractivity contribution in [2.45, 2.75) is 45.7 Å². The number of unbranched alkanes of at least 4 members (excludes halogenated alkanes) is 3. The van der Waals surface area contributed by atoms with Crippen molar-refractivity contribution < 1.29 is 23.1 Å². The number of hydrogen-bond acceptors (Lipinski definition) is 1. The molecule has 0 saturated carbocycles. The SMILES string of the molecule is CCCCCC.O=C(O)C(F)(F)F. The maximum atomic E-state index is 10.6. The van der Waals surface area contributed by atoms with Crippen LogP contribution in [0.1, 0.15) is 39.5 Å². The van der Waals surface area contributed by atoms with Crippen LogP contribution in [0.25, 0.3) is 0 Å². The zero-order valence-electron chi connectivity index (χ0n) is 7.82. The van der Waals surface area contributed by atoms with Crippen LogP contribution in [0.5, 0.6) is 0 Å². The number of carboxylic acids is 1. The molecular formula is C8H15F3O2. The molecule has 0 rings (SSSR count). The van der Waals surface area contributed by atoms with Gasteiger partial charge in [-0.2, -0.15) is 13.2 Å². The quantitative estimate of drug-likeness (QED) is 0.710. The maximum Gasteiger partial charge on any atom is 0.490 e. The number of carbonyl (C=O) groups is 1. The molecule has 0 amide bonds. The van der Waals surface area contributed by atoms with Gasteiger partial charge in [0.25, 0.3) is 0 Å². The average Bonchev–Trinajstić information content (AvgIpc) is 2.00. The molecule has 0 atom stereocenters. The summed E-state index contributed by atoms with van der Waals surface area (Å²) in [4.78, 5) is 8.90. The minimum atomic E-state index is -5.08. The van der Waals surface area contributed by atoms with Crippen LogP contribution in [0.4, 0.5) is 13.2 Å². The molecule has 80 valence electrons. The third-order valence-corrected chi connectivity index (χ3v) is 1.20. The van der Waals surface area contributed by atoms with Crippen molar-refractivity contribution in [2.75, 3.05) is 0 Å². The van der Waals surface area contributed by atoms with Gasteiger partial charge in [0.2, 0.25) is 0 Å². The predicted octanol–water partition coefficient (Wildman–Crippen LogP) is 3.22. The Kier molecular flexibility index (Phi) is 8.96. The van der Waals surface area contributed by atoms with E-state index in [0.29, 0.717) is 0 Å². The Balaban J connectivity index is 0. The maximum absolute atomic E-state index is 10.6. The molecule has 0 heterocycles. The summed E-state index contributed by atoms with van der Waals surface area (Å²) >= 11 is 0. The second kappa shape index (κ2) is 7.89. The normalized spacial score (nSPS) is 10.2. The smallest absolute Gasteiger partial charge is 0.475 e. The fraction of sp³-hybridized carbons (Fsp3) is 0.875. The lowest BCUT2D eigenvalue weighted by Gasteiger charge is -1.93. The molecule has 13 heavy (non-hydrogen) atoms. The molecule has 0 aliphatic heterocycles. The van der Waals surface area contributed by atoms with Gasteiger partial charge in [-0.1, -0.05) is 39.5 Å². The lowest BCUT2D eigenvalue weighted by atomic mass is 10.2. The van der Waals surface area contributed by atoms with E-state index in [1.807, 2.05) is 0 Å². The molecule has 0 bridgehead atoms. The Hall–Kier alpha value is -0.740. The first-order chi connectivity index (χ1) is 5.86. The molecule has 0 spiro atoms. The van der Waals surface area contributed by atoms with Crippen LogP contribution in [0.3, 0.4) is 0 Å². The van der Waals surface area contributed by atoms with Crippen molar-refractivity contribution in [3.8, 4) is 0 Å². The van der Waals surface area contributed by atoms with Crippen LogP contribution in [-0.2, 0) is 4.79 Å². The highest BCUT2D eigenvalue weighted by Crippen LogP contribution is 2.13. The first-order valence-corrected chi connectivity index (χ1v) is 4.16. The van der Waals surface area contributed by atoms with Gasteiger partial charge in [0.05, 0.1) is 0 Å². The fourth-order valence-corrected chi connectivity index (χ4v) is 0.500. The Morgan fingerprint density at radius 1 is 1.15 bits per heavy atom. The summed E-state index contributed by atoms with van der Waals surface area (Å²) in [7, 11) is 0. The lowest BCUT2D eigenvalue weighted by Crippen LogP contribution is -2.21. The molecular weight excluding hydrogens is 185 g/mol. The molecule has 0 aliphatic rings. The number of carboxylic acid groups (broad SMARTS) is 1.